The van der Waals surface area contributed by atoms with Gasteiger partial charge in [0.2, 0.25) is 0 Å². The van der Waals surface area contributed by atoms with Gasteiger partial charge in [0, 0.05) is 18.3 Å². The molecule has 1 heterocycles. The summed E-state index contributed by atoms with van der Waals surface area (Å²) in [5, 5.41) is 0. The molecule has 0 saturated heterocycles. The largest absolute Gasteiger partial charge is 0.364 e. The van der Waals surface area contributed by atoms with Crippen molar-refractivity contribution < 1.29 is 0 Å². The third kappa shape index (κ3) is 2.93. The van der Waals surface area contributed by atoms with E-state index in [0.29, 0.717) is 6.04 Å². The first-order chi connectivity index (χ1) is 9.67. The topological polar surface area (TPSA) is 3.24 Å². The quantitative estimate of drug-likeness (QED) is 0.748. The zero-order valence-electron chi connectivity index (χ0n) is 12.6. The normalized spacial score (nSPS) is 20.7. The van der Waals surface area contributed by atoms with E-state index >= 15 is 0 Å². The Bertz CT molecular complexity index is 573. The lowest BCUT2D eigenvalue weighted by molar-refractivity contribution is 0.283. The minimum Gasteiger partial charge on any atom is -0.364 e. The zero-order valence-corrected chi connectivity index (χ0v) is 12.6. The molecular formula is C19H23N. The molecule has 2 rings (SSSR count). The summed E-state index contributed by atoms with van der Waals surface area (Å²) in [6, 6.07) is 9.02. The van der Waals surface area contributed by atoms with E-state index in [2.05, 4.69) is 73.9 Å². The SMILES string of the molecule is C=C/C1=C(\C=C/C)/C=C\c2ccccc2CN1C(C)C. The van der Waals surface area contributed by atoms with Crippen LogP contribution in [0.15, 0.2) is 66.4 Å². The van der Waals surface area contributed by atoms with E-state index in [1.165, 1.54) is 22.4 Å². The van der Waals surface area contributed by atoms with Crippen LogP contribution in [-0.2, 0) is 6.54 Å². The number of hydrogen-bond acceptors (Lipinski definition) is 1. The van der Waals surface area contributed by atoms with Crippen LogP contribution in [-0.4, -0.2) is 10.9 Å². The molecule has 0 bridgehead atoms. The van der Waals surface area contributed by atoms with Gasteiger partial charge in [0.1, 0.15) is 0 Å². The van der Waals surface area contributed by atoms with Gasteiger partial charge in [0.05, 0.1) is 0 Å². The van der Waals surface area contributed by atoms with E-state index in [0.717, 1.165) is 6.54 Å². The van der Waals surface area contributed by atoms with Gasteiger partial charge in [-0.15, -0.1) is 0 Å². The van der Waals surface area contributed by atoms with Crippen molar-refractivity contribution in [2.75, 3.05) is 0 Å². The van der Waals surface area contributed by atoms with Crippen molar-refractivity contribution in [3.63, 3.8) is 0 Å². The summed E-state index contributed by atoms with van der Waals surface area (Å²) in [6.45, 7) is 11.4. The predicted molar refractivity (Wildman–Crippen MR) is 88.2 cm³/mol. The molecule has 1 aliphatic heterocycles. The highest BCUT2D eigenvalue weighted by atomic mass is 15.2. The molecule has 0 radical (unpaired) electrons. The van der Waals surface area contributed by atoms with Crippen LogP contribution >= 0.6 is 0 Å². The number of rotatable bonds is 3. The first kappa shape index (κ1) is 14.4. The molecule has 0 spiro atoms. The van der Waals surface area contributed by atoms with Crippen molar-refractivity contribution in [1.82, 2.24) is 4.90 Å². The maximum Gasteiger partial charge on any atom is 0.0439 e. The Morgan fingerprint density at radius 1 is 1.20 bits per heavy atom. The van der Waals surface area contributed by atoms with Gasteiger partial charge in [-0.05, 0) is 43.5 Å². The van der Waals surface area contributed by atoms with Crippen LogP contribution in [0.25, 0.3) is 6.08 Å². The van der Waals surface area contributed by atoms with Crippen molar-refractivity contribution in [2.45, 2.75) is 33.4 Å². The summed E-state index contributed by atoms with van der Waals surface area (Å²) in [4.78, 5) is 2.41. The van der Waals surface area contributed by atoms with Crippen molar-refractivity contribution in [2.24, 2.45) is 0 Å². The second-order valence-electron chi connectivity index (χ2n) is 5.30. The number of benzene rings is 1. The first-order valence-corrected chi connectivity index (χ1v) is 7.19. The molecule has 0 aliphatic carbocycles. The number of fused-ring (bicyclic) bond motifs is 1. The summed E-state index contributed by atoms with van der Waals surface area (Å²) in [6.07, 6.45) is 10.6. The Morgan fingerprint density at radius 3 is 2.60 bits per heavy atom. The molecule has 0 atom stereocenters. The molecule has 1 aromatic rings. The molecule has 1 aliphatic rings. The number of allylic oxidation sites excluding steroid dienone is 5. The molecular weight excluding hydrogens is 242 g/mol. The average Bonchev–Trinajstić information content (AvgIpc) is 2.42. The lowest BCUT2D eigenvalue weighted by Crippen LogP contribution is -2.30. The first-order valence-electron chi connectivity index (χ1n) is 7.19. The molecule has 0 unspecified atom stereocenters. The third-order valence-electron chi connectivity index (χ3n) is 3.61. The Labute approximate surface area is 122 Å². The van der Waals surface area contributed by atoms with Crippen LogP contribution in [0, 0.1) is 0 Å². The van der Waals surface area contributed by atoms with E-state index in [4.69, 9.17) is 0 Å². The van der Waals surface area contributed by atoms with Crippen LogP contribution in [0.2, 0.25) is 0 Å². The molecule has 0 aromatic heterocycles. The van der Waals surface area contributed by atoms with E-state index in [1.807, 2.05) is 13.0 Å². The van der Waals surface area contributed by atoms with Crippen molar-refractivity contribution in [1.29, 1.82) is 0 Å². The van der Waals surface area contributed by atoms with Gasteiger partial charge >= 0.3 is 0 Å². The van der Waals surface area contributed by atoms with Crippen LogP contribution in [0.3, 0.4) is 0 Å². The van der Waals surface area contributed by atoms with E-state index in [9.17, 15) is 0 Å². The maximum atomic E-state index is 4.01. The van der Waals surface area contributed by atoms with Crippen LogP contribution in [0.4, 0.5) is 0 Å². The molecule has 1 heteroatoms. The highest BCUT2D eigenvalue weighted by molar-refractivity contribution is 5.60. The molecule has 0 saturated carbocycles. The van der Waals surface area contributed by atoms with Gasteiger partial charge in [-0.2, -0.15) is 0 Å². The van der Waals surface area contributed by atoms with Gasteiger partial charge in [-0.1, -0.05) is 55.1 Å². The summed E-state index contributed by atoms with van der Waals surface area (Å²) >= 11 is 0. The van der Waals surface area contributed by atoms with Crippen LogP contribution < -0.4 is 0 Å². The number of nitrogens with zero attached hydrogens (tertiary/aromatic N) is 1. The lowest BCUT2D eigenvalue weighted by Gasteiger charge is -2.32. The molecule has 0 fully saturated rings. The monoisotopic (exact) mass is 265 g/mol. The standard InChI is InChI=1S/C19H23N/c1-5-9-17-13-12-16-10-7-8-11-18(16)14-20(15(3)4)19(17)6-2/h5-13,15H,2,14H2,1,3-4H3/b9-5-,13-12-,19-17-. The van der Waals surface area contributed by atoms with Gasteiger partial charge in [0.15, 0.2) is 0 Å². The lowest BCUT2D eigenvalue weighted by atomic mass is 10.00. The summed E-state index contributed by atoms with van der Waals surface area (Å²) in [5.41, 5.74) is 5.06. The smallest absolute Gasteiger partial charge is 0.0439 e. The Balaban J connectivity index is 2.60. The minimum absolute atomic E-state index is 0.433. The Hall–Kier alpha value is -2.02. The van der Waals surface area contributed by atoms with Gasteiger partial charge in [0.25, 0.3) is 0 Å². The molecule has 0 N–H and O–H groups in total. The van der Waals surface area contributed by atoms with Crippen LogP contribution in [0.1, 0.15) is 31.9 Å². The van der Waals surface area contributed by atoms with E-state index in [-0.39, 0.29) is 0 Å². The average molecular weight is 265 g/mol. The predicted octanol–water partition coefficient (Wildman–Crippen LogP) is 4.94. The Kier molecular flexibility index (Phi) is 4.62. The fourth-order valence-corrected chi connectivity index (χ4v) is 2.56. The van der Waals surface area contributed by atoms with Gasteiger partial charge < -0.3 is 4.90 Å². The second-order valence-corrected chi connectivity index (χ2v) is 5.30. The molecule has 20 heavy (non-hydrogen) atoms. The Morgan fingerprint density at radius 2 is 1.95 bits per heavy atom. The van der Waals surface area contributed by atoms with Crippen molar-refractivity contribution in [3.8, 4) is 0 Å². The van der Waals surface area contributed by atoms with Gasteiger partial charge in [-0.25, -0.2) is 0 Å². The highest BCUT2D eigenvalue weighted by Crippen LogP contribution is 2.26. The zero-order chi connectivity index (χ0) is 14.5. The summed E-state index contributed by atoms with van der Waals surface area (Å²) in [5.74, 6) is 0. The van der Waals surface area contributed by atoms with Gasteiger partial charge in [-0.3, -0.25) is 0 Å². The fraction of sp³-hybridized carbons (Fsp3) is 0.263. The maximum absolute atomic E-state index is 4.01. The molecule has 1 nitrogen and oxygen atoms in total. The third-order valence-corrected chi connectivity index (χ3v) is 3.61. The number of hydrogen-bond donors (Lipinski definition) is 0. The minimum atomic E-state index is 0.433. The molecule has 0 amide bonds. The summed E-state index contributed by atoms with van der Waals surface area (Å²) in [7, 11) is 0. The fourth-order valence-electron chi connectivity index (χ4n) is 2.56. The van der Waals surface area contributed by atoms with Crippen molar-refractivity contribution >= 4 is 6.08 Å². The van der Waals surface area contributed by atoms with Crippen molar-refractivity contribution in [3.05, 3.63) is 77.5 Å². The molecule has 104 valence electrons. The van der Waals surface area contributed by atoms with E-state index < -0.39 is 0 Å². The summed E-state index contributed by atoms with van der Waals surface area (Å²) < 4.78 is 0. The van der Waals surface area contributed by atoms with Crippen LogP contribution in [0.5, 0.6) is 0 Å². The molecule has 1 aromatic carbocycles. The second kappa shape index (κ2) is 6.42. The van der Waals surface area contributed by atoms with E-state index in [1.54, 1.807) is 0 Å². The highest BCUT2D eigenvalue weighted by Gasteiger charge is 2.16.